The summed E-state index contributed by atoms with van der Waals surface area (Å²) in [5, 5.41) is 3.99. The summed E-state index contributed by atoms with van der Waals surface area (Å²) in [6.07, 6.45) is 1.68. The summed E-state index contributed by atoms with van der Waals surface area (Å²) >= 11 is 0. The molecule has 0 saturated carbocycles. The number of para-hydroxylation sites is 1. The number of benzene rings is 1. The lowest BCUT2D eigenvalue weighted by Gasteiger charge is -2.27. The number of nitrogens with one attached hydrogen (secondary N) is 1. The van der Waals surface area contributed by atoms with Gasteiger partial charge in [-0.15, -0.1) is 0 Å². The zero-order chi connectivity index (χ0) is 15.5. The zero-order valence-electron chi connectivity index (χ0n) is 12.7. The Labute approximate surface area is 129 Å². The molecule has 118 valence electrons. The average Bonchev–Trinajstić information content (AvgIpc) is 2.99. The maximum absolute atomic E-state index is 12.3. The molecule has 0 spiro atoms. The number of fused-ring (bicyclic) bond motifs is 1. The number of rotatable bonds is 4. The Bertz CT molecular complexity index is 613. The van der Waals surface area contributed by atoms with Gasteiger partial charge in [-0.1, -0.05) is 18.2 Å². The average molecular weight is 302 g/mol. The zero-order valence-corrected chi connectivity index (χ0v) is 12.7. The number of nitrogens with two attached hydrogens (primary N) is 1. The summed E-state index contributed by atoms with van der Waals surface area (Å²) in [5.41, 5.74) is 6.92. The fraction of sp³-hybridized carbons (Fsp3) is 0.471. The van der Waals surface area contributed by atoms with Gasteiger partial charge in [0, 0.05) is 18.6 Å². The van der Waals surface area contributed by atoms with Crippen LogP contribution in [0.25, 0.3) is 11.0 Å². The lowest BCUT2D eigenvalue weighted by Crippen LogP contribution is -2.47. The van der Waals surface area contributed by atoms with Crippen molar-refractivity contribution in [2.75, 3.05) is 13.2 Å². The molecule has 3 N–H and O–H groups in total. The molecule has 0 aliphatic carbocycles. The van der Waals surface area contributed by atoms with Crippen molar-refractivity contribution >= 4 is 16.9 Å². The molecule has 0 bridgehead atoms. The van der Waals surface area contributed by atoms with Gasteiger partial charge in [-0.2, -0.15) is 0 Å². The molecule has 0 radical (unpaired) electrons. The van der Waals surface area contributed by atoms with Crippen molar-refractivity contribution in [2.24, 2.45) is 11.7 Å². The Morgan fingerprint density at radius 3 is 2.77 bits per heavy atom. The third-order valence-corrected chi connectivity index (χ3v) is 4.31. The highest BCUT2D eigenvalue weighted by molar-refractivity contribution is 5.82. The molecule has 2 heterocycles. The Morgan fingerprint density at radius 1 is 1.32 bits per heavy atom. The number of amides is 1. The number of ether oxygens (including phenoxy) is 1. The molecule has 2 atom stereocenters. The Balaban J connectivity index is 1.64. The standard InChI is InChI=1S/C17H22N2O3/c1-11(15-10-13-4-2-3-5-14(13)22-15)19-17(20)16(18)12-6-8-21-9-7-12/h2-5,10-12,16H,6-9,18H2,1H3,(H,19,20). The predicted octanol–water partition coefficient (Wildman–Crippen LogP) is 2.36. The second kappa shape index (κ2) is 6.50. The number of carbonyl (C=O) groups is 1. The largest absolute Gasteiger partial charge is 0.459 e. The molecule has 2 unspecified atom stereocenters. The second-order valence-corrected chi connectivity index (χ2v) is 5.89. The first-order chi connectivity index (χ1) is 10.6. The van der Waals surface area contributed by atoms with Crippen LogP contribution in [0.5, 0.6) is 0 Å². The molecule has 3 rings (SSSR count). The van der Waals surface area contributed by atoms with Crippen molar-refractivity contribution < 1.29 is 13.9 Å². The van der Waals surface area contributed by atoms with Gasteiger partial charge in [0.05, 0.1) is 12.1 Å². The highest BCUT2D eigenvalue weighted by Crippen LogP contribution is 2.24. The van der Waals surface area contributed by atoms with Crippen LogP contribution >= 0.6 is 0 Å². The minimum atomic E-state index is -0.490. The van der Waals surface area contributed by atoms with Crippen LogP contribution in [0, 0.1) is 5.92 Å². The van der Waals surface area contributed by atoms with E-state index in [4.69, 9.17) is 14.9 Å². The van der Waals surface area contributed by atoms with Gasteiger partial charge in [0.2, 0.25) is 5.91 Å². The van der Waals surface area contributed by atoms with Crippen molar-refractivity contribution in [1.29, 1.82) is 0 Å². The summed E-state index contributed by atoms with van der Waals surface area (Å²) in [6.45, 7) is 3.28. The van der Waals surface area contributed by atoms with Crippen LogP contribution in [-0.2, 0) is 9.53 Å². The quantitative estimate of drug-likeness (QED) is 0.909. The maximum Gasteiger partial charge on any atom is 0.237 e. The molecule has 22 heavy (non-hydrogen) atoms. The SMILES string of the molecule is CC(NC(=O)C(N)C1CCOCC1)c1cc2ccccc2o1. The Kier molecular flexibility index (Phi) is 4.45. The molecule has 1 aliphatic rings. The van der Waals surface area contributed by atoms with E-state index in [0.717, 1.165) is 29.6 Å². The second-order valence-electron chi connectivity index (χ2n) is 5.89. The summed E-state index contributed by atoms with van der Waals surface area (Å²) in [7, 11) is 0. The van der Waals surface area contributed by atoms with E-state index >= 15 is 0 Å². The van der Waals surface area contributed by atoms with Gasteiger partial charge >= 0.3 is 0 Å². The van der Waals surface area contributed by atoms with E-state index in [1.165, 1.54) is 0 Å². The normalized spacial score (nSPS) is 19.0. The number of carbonyl (C=O) groups excluding carboxylic acids is 1. The van der Waals surface area contributed by atoms with Gasteiger partial charge < -0.3 is 20.2 Å². The first-order valence-corrected chi connectivity index (χ1v) is 7.77. The highest BCUT2D eigenvalue weighted by Gasteiger charge is 2.27. The summed E-state index contributed by atoms with van der Waals surface area (Å²) in [4.78, 5) is 12.3. The van der Waals surface area contributed by atoms with Gasteiger partial charge in [-0.05, 0) is 37.8 Å². The van der Waals surface area contributed by atoms with Crippen LogP contribution in [-0.4, -0.2) is 25.2 Å². The van der Waals surface area contributed by atoms with Gasteiger partial charge in [0.15, 0.2) is 0 Å². The highest BCUT2D eigenvalue weighted by atomic mass is 16.5. The van der Waals surface area contributed by atoms with Crippen LogP contribution in [0.3, 0.4) is 0 Å². The van der Waals surface area contributed by atoms with Crippen LogP contribution in [0.4, 0.5) is 0 Å². The number of furan rings is 1. The van der Waals surface area contributed by atoms with Crippen LogP contribution in [0.15, 0.2) is 34.7 Å². The molecular formula is C17H22N2O3. The molecule has 1 fully saturated rings. The Morgan fingerprint density at radius 2 is 2.05 bits per heavy atom. The molecular weight excluding hydrogens is 280 g/mol. The summed E-state index contributed by atoms with van der Waals surface area (Å²) in [5.74, 6) is 0.810. The third-order valence-electron chi connectivity index (χ3n) is 4.31. The van der Waals surface area contributed by atoms with E-state index in [-0.39, 0.29) is 17.9 Å². The van der Waals surface area contributed by atoms with Crippen molar-refractivity contribution in [2.45, 2.75) is 31.8 Å². The fourth-order valence-corrected chi connectivity index (χ4v) is 2.89. The van der Waals surface area contributed by atoms with Gasteiger partial charge in [0.1, 0.15) is 11.3 Å². The minimum Gasteiger partial charge on any atom is -0.459 e. The van der Waals surface area contributed by atoms with E-state index in [9.17, 15) is 4.79 Å². The van der Waals surface area contributed by atoms with Crippen LogP contribution in [0.2, 0.25) is 0 Å². The maximum atomic E-state index is 12.3. The van der Waals surface area contributed by atoms with Gasteiger partial charge in [0.25, 0.3) is 0 Å². The monoisotopic (exact) mass is 302 g/mol. The fourth-order valence-electron chi connectivity index (χ4n) is 2.89. The van der Waals surface area contributed by atoms with E-state index in [1.54, 1.807) is 0 Å². The molecule has 5 heteroatoms. The van der Waals surface area contributed by atoms with E-state index in [0.29, 0.717) is 13.2 Å². The molecule has 1 aromatic carbocycles. The van der Waals surface area contributed by atoms with E-state index in [2.05, 4.69) is 5.32 Å². The third kappa shape index (κ3) is 3.15. The molecule has 1 saturated heterocycles. The molecule has 1 aromatic heterocycles. The van der Waals surface area contributed by atoms with Crippen LogP contribution in [0.1, 0.15) is 31.6 Å². The minimum absolute atomic E-state index is 0.125. The molecule has 5 nitrogen and oxygen atoms in total. The van der Waals surface area contributed by atoms with Gasteiger partial charge in [-0.25, -0.2) is 0 Å². The molecule has 1 amide bonds. The van der Waals surface area contributed by atoms with Crippen molar-refractivity contribution in [1.82, 2.24) is 5.32 Å². The first-order valence-electron chi connectivity index (χ1n) is 7.77. The lowest BCUT2D eigenvalue weighted by molar-refractivity contribution is -0.125. The first kappa shape index (κ1) is 15.1. The van der Waals surface area contributed by atoms with Gasteiger partial charge in [-0.3, -0.25) is 4.79 Å². The topological polar surface area (TPSA) is 77.5 Å². The lowest BCUT2D eigenvalue weighted by atomic mass is 9.91. The van der Waals surface area contributed by atoms with E-state index in [1.807, 2.05) is 37.3 Å². The van der Waals surface area contributed by atoms with E-state index < -0.39 is 6.04 Å². The smallest absolute Gasteiger partial charge is 0.237 e. The van der Waals surface area contributed by atoms with Crippen molar-refractivity contribution in [3.8, 4) is 0 Å². The van der Waals surface area contributed by atoms with Crippen molar-refractivity contribution in [3.63, 3.8) is 0 Å². The Hall–Kier alpha value is -1.85. The van der Waals surface area contributed by atoms with Crippen LogP contribution < -0.4 is 11.1 Å². The predicted molar refractivity (Wildman–Crippen MR) is 84.3 cm³/mol. The molecule has 1 aliphatic heterocycles. The summed E-state index contributed by atoms with van der Waals surface area (Å²) < 4.78 is 11.1. The number of hydrogen-bond donors (Lipinski definition) is 2. The van der Waals surface area contributed by atoms with Crippen molar-refractivity contribution in [3.05, 3.63) is 36.1 Å². The number of hydrogen-bond acceptors (Lipinski definition) is 4. The molecule has 2 aromatic rings. The summed E-state index contributed by atoms with van der Waals surface area (Å²) in [6, 6.07) is 9.07.